The van der Waals surface area contributed by atoms with Gasteiger partial charge in [-0.25, -0.2) is 4.39 Å². The van der Waals surface area contributed by atoms with Crippen molar-refractivity contribution in [1.82, 2.24) is 15.0 Å². The quantitative estimate of drug-likeness (QED) is 0.716. The van der Waals surface area contributed by atoms with Crippen LogP contribution in [-0.4, -0.2) is 26.1 Å². The standard InChI is InChI=1S/C13H15FN6OS/c1-2-9(22-13-19-11(15)18-12(16)20-13)10(21)17-8-5-3-7(14)4-6-8/h3-6,9H,2H2,1H3,(H,17,21)(H4,15,16,18,19,20)/t9-/m0/s1. The highest BCUT2D eigenvalue weighted by Crippen LogP contribution is 2.24. The number of hydrogen-bond donors (Lipinski definition) is 3. The van der Waals surface area contributed by atoms with Crippen LogP contribution >= 0.6 is 11.8 Å². The molecule has 22 heavy (non-hydrogen) atoms. The summed E-state index contributed by atoms with van der Waals surface area (Å²) in [5, 5.41) is 2.55. The van der Waals surface area contributed by atoms with Gasteiger partial charge in [-0.2, -0.15) is 15.0 Å². The molecule has 0 saturated heterocycles. The number of nitrogens with two attached hydrogens (primary N) is 2. The number of thioether (sulfide) groups is 1. The Morgan fingerprint density at radius 3 is 2.36 bits per heavy atom. The monoisotopic (exact) mass is 322 g/mol. The van der Waals surface area contributed by atoms with Gasteiger partial charge in [0.05, 0.1) is 5.25 Å². The second kappa shape index (κ2) is 7.03. The largest absolute Gasteiger partial charge is 0.368 e. The van der Waals surface area contributed by atoms with Crippen LogP contribution < -0.4 is 16.8 Å². The molecule has 0 unspecified atom stereocenters. The molecule has 0 aliphatic rings. The van der Waals surface area contributed by atoms with Crippen molar-refractivity contribution in [2.24, 2.45) is 0 Å². The minimum absolute atomic E-state index is 0.00351. The highest BCUT2D eigenvalue weighted by Gasteiger charge is 2.20. The summed E-state index contributed by atoms with van der Waals surface area (Å²) in [6, 6.07) is 5.53. The fourth-order valence-electron chi connectivity index (χ4n) is 1.65. The zero-order chi connectivity index (χ0) is 16.1. The number of carbonyl (C=O) groups excluding carboxylic acids is 1. The summed E-state index contributed by atoms with van der Waals surface area (Å²) in [4.78, 5) is 23.8. The van der Waals surface area contributed by atoms with Crippen molar-refractivity contribution in [3.05, 3.63) is 30.1 Å². The molecule has 0 fully saturated rings. The molecule has 2 aromatic rings. The van der Waals surface area contributed by atoms with E-state index in [1.807, 2.05) is 6.92 Å². The minimum Gasteiger partial charge on any atom is -0.368 e. The van der Waals surface area contributed by atoms with Crippen LogP contribution in [0.2, 0.25) is 0 Å². The molecule has 2 rings (SSSR count). The molecule has 5 N–H and O–H groups in total. The van der Waals surface area contributed by atoms with Gasteiger partial charge in [-0.05, 0) is 30.7 Å². The van der Waals surface area contributed by atoms with Gasteiger partial charge in [-0.3, -0.25) is 4.79 Å². The smallest absolute Gasteiger partial charge is 0.237 e. The number of anilines is 3. The summed E-state index contributed by atoms with van der Waals surface area (Å²) in [6.45, 7) is 1.86. The van der Waals surface area contributed by atoms with E-state index in [-0.39, 0.29) is 28.8 Å². The van der Waals surface area contributed by atoms with Crippen molar-refractivity contribution >= 4 is 35.3 Å². The fourth-order valence-corrected chi connectivity index (χ4v) is 2.53. The maximum Gasteiger partial charge on any atom is 0.237 e. The Labute approximate surface area is 130 Å². The molecular formula is C13H15FN6OS. The molecule has 9 heteroatoms. The van der Waals surface area contributed by atoms with Gasteiger partial charge in [-0.15, -0.1) is 0 Å². The topological polar surface area (TPSA) is 120 Å². The van der Waals surface area contributed by atoms with Crippen LogP contribution in [0.3, 0.4) is 0 Å². The summed E-state index contributed by atoms with van der Waals surface area (Å²) in [6.07, 6.45) is 0.545. The van der Waals surface area contributed by atoms with E-state index in [2.05, 4.69) is 20.3 Å². The van der Waals surface area contributed by atoms with Gasteiger partial charge in [-0.1, -0.05) is 18.7 Å². The molecule has 0 aliphatic heterocycles. The van der Waals surface area contributed by atoms with Crippen molar-refractivity contribution in [2.45, 2.75) is 23.8 Å². The lowest BCUT2D eigenvalue weighted by Gasteiger charge is -2.14. The fraction of sp³-hybridized carbons (Fsp3) is 0.231. The lowest BCUT2D eigenvalue weighted by molar-refractivity contribution is -0.115. The van der Waals surface area contributed by atoms with E-state index >= 15 is 0 Å². The van der Waals surface area contributed by atoms with Gasteiger partial charge in [0.15, 0.2) is 5.16 Å². The van der Waals surface area contributed by atoms with Crippen molar-refractivity contribution in [2.75, 3.05) is 16.8 Å². The third kappa shape index (κ3) is 4.29. The van der Waals surface area contributed by atoms with E-state index in [1.165, 1.54) is 24.3 Å². The first-order chi connectivity index (χ1) is 10.5. The Kier molecular flexibility index (Phi) is 5.10. The van der Waals surface area contributed by atoms with Crippen LogP contribution in [0.1, 0.15) is 13.3 Å². The summed E-state index contributed by atoms with van der Waals surface area (Å²) in [7, 11) is 0. The predicted molar refractivity (Wildman–Crippen MR) is 83.6 cm³/mol. The van der Waals surface area contributed by atoms with Gasteiger partial charge in [0.25, 0.3) is 0 Å². The van der Waals surface area contributed by atoms with E-state index in [1.54, 1.807) is 0 Å². The number of nitrogens with zero attached hydrogens (tertiary/aromatic N) is 3. The first-order valence-corrected chi connectivity index (χ1v) is 7.36. The SMILES string of the molecule is CC[C@H](Sc1nc(N)nc(N)n1)C(=O)Nc1ccc(F)cc1. The molecule has 7 nitrogen and oxygen atoms in total. The van der Waals surface area contributed by atoms with Crippen LogP contribution in [0.15, 0.2) is 29.4 Å². The third-order valence-corrected chi connectivity index (χ3v) is 3.90. The number of hydrogen-bond acceptors (Lipinski definition) is 7. The lowest BCUT2D eigenvalue weighted by atomic mass is 10.2. The molecule has 0 aliphatic carbocycles. The molecule has 1 aromatic carbocycles. The second-order valence-corrected chi connectivity index (χ2v) is 5.52. The van der Waals surface area contributed by atoms with Crippen molar-refractivity contribution in [3.8, 4) is 0 Å². The second-order valence-electron chi connectivity index (χ2n) is 4.35. The van der Waals surface area contributed by atoms with Gasteiger partial charge < -0.3 is 16.8 Å². The molecule has 1 atom stereocenters. The number of nitrogen functional groups attached to an aromatic ring is 2. The number of rotatable bonds is 5. The molecule has 0 bridgehead atoms. The number of nitrogens with one attached hydrogen (secondary N) is 1. The molecule has 116 valence electrons. The van der Waals surface area contributed by atoms with Crippen LogP contribution in [0.4, 0.5) is 22.0 Å². The van der Waals surface area contributed by atoms with E-state index in [0.717, 1.165) is 11.8 Å². The number of carbonyl (C=O) groups is 1. The summed E-state index contributed by atoms with van der Waals surface area (Å²) in [5.41, 5.74) is 11.5. The Bertz CT molecular complexity index is 646. The van der Waals surface area contributed by atoms with Gasteiger partial charge >= 0.3 is 0 Å². The Morgan fingerprint density at radius 1 is 1.23 bits per heavy atom. The number of halogens is 1. The molecule has 1 amide bonds. The van der Waals surface area contributed by atoms with E-state index < -0.39 is 5.25 Å². The van der Waals surface area contributed by atoms with Crippen molar-refractivity contribution in [1.29, 1.82) is 0 Å². The summed E-state index contributed by atoms with van der Waals surface area (Å²) < 4.78 is 12.8. The highest BCUT2D eigenvalue weighted by atomic mass is 32.2. The molecule has 0 spiro atoms. The minimum atomic E-state index is -0.439. The van der Waals surface area contributed by atoms with Gasteiger partial charge in [0, 0.05) is 5.69 Å². The lowest BCUT2D eigenvalue weighted by Crippen LogP contribution is -2.25. The van der Waals surface area contributed by atoms with Crippen molar-refractivity contribution in [3.63, 3.8) is 0 Å². The first kappa shape index (κ1) is 16.0. The highest BCUT2D eigenvalue weighted by molar-refractivity contribution is 8.00. The van der Waals surface area contributed by atoms with E-state index in [0.29, 0.717) is 12.1 Å². The molecule has 0 radical (unpaired) electrons. The molecule has 1 heterocycles. The Hall–Kier alpha value is -2.42. The van der Waals surface area contributed by atoms with E-state index in [4.69, 9.17) is 11.5 Å². The zero-order valence-electron chi connectivity index (χ0n) is 11.8. The van der Waals surface area contributed by atoms with Crippen LogP contribution in [0, 0.1) is 5.82 Å². The first-order valence-electron chi connectivity index (χ1n) is 6.48. The molecule has 0 saturated carbocycles. The predicted octanol–water partition coefficient (Wildman–Crippen LogP) is 1.68. The Balaban J connectivity index is 2.06. The maximum absolute atomic E-state index is 12.8. The average Bonchev–Trinajstić information content (AvgIpc) is 2.46. The van der Waals surface area contributed by atoms with Crippen LogP contribution in [0.5, 0.6) is 0 Å². The third-order valence-electron chi connectivity index (χ3n) is 2.67. The molecule has 1 aromatic heterocycles. The molecular weight excluding hydrogens is 307 g/mol. The summed E-state index contributed by atoms with van der Waals surface area (Å²) >= 11 is 1.14. The van der Waals surface area contributed by atoms with Gasteiger partial charge in [0.1, 0.15) is 5.82 Å². The number of aromatic nitrogens is 3. The number of amides is 1. The Morgan fingerprint density at radius 2 is 1.82 bits per heavy atom. The normalized spacial score (nSPS) is 11.9. The van der Waals surface area contributed by atoms with Gasteiger partial charge in [0.2, 0.25) is 17.8 Å². The zero-order valence-corrected chi connectivity index (χ0v) is 12.6. The number of benzene rings is 1. The maximum atomic E-state index is 12.8. The summed E-state index contributed by atoms with van der Waals surface area (Å²) in [5.74, 6) is -0.597. The van der Waals surface area contributed by atoms with Crippen LogP contribution in [0.25, 0.3) is 0 Å². The van der Waals surface area contributed by atoms with Crippen LogP contribution in [-0.2, 0) is 4.79 Å². The van der Waals surface area contributed by atoms with E-state index in [9.17, 15) is 9.18 Å². The van der Waals surface area contributed by atoms with Crippen molar-refractivity contribution < 1.29 is 9.18 Å². The average molecular weight is 322 g/mol.